The van der Waals surface area contributed by atoms with Gasteiger partial charge in [-0.3, -0.25) is 10.2 Å². The van der Waals surface area contributed by atoms with E-state index in [1.54, 1.807) is 6.07 Å². The molecule has 0 aliphatic carbocycles. The van der Waals surface area contributed by atoms with Crippen LogP contribution in [0, 0.1) is 5.41 Å². The summed E-state index contributed by atoms with van der Waals surface area (Å²) in [4.78, 5) is 31.1. The summed E-state index contributed by atoms with van der Waals surface area (Å²) in [6.07, 6.45) is 0.542. The number of aryl methyl sites for hydroxylation is 1. The van der Waals surface area contributed by atoms with Crippen molar-refractivity contribution in [3.05, 3.63) is 45.4 Å². The summed E-state index contributed by atoms with van der Waals surface area (Å²) in [6, 6.07) is 3.08. The first-order chi connectivity index (χ1) is 8.52. The number of aromatic nitrogens is 3. The van der Waals surface area contributed by atoms with Gasteiger partial charge >= 0.3 is 5.69 Å². The fraction of sp³-hybridized carbons (Fsp3) is 0.182. The predicted octanol–water partition coefficient (Wildman–Crippen LogP) is 0.109. The van der Waals surface area contributed by atoms with Gasteiger partial charge in [0.25, 0.3) is 0 Å². The van der Waals surface area contributed by atoms with Crippen LogP contribution in [0.25, 0.3) is 0 Å². The summed E-state index contributed by atoms with van der Waals surface area (Å²) in [5, 5.41) is 7.25. The molecule has 7 heteroatoms. The van der Waals surface area contributed by atoms with Crippen LogP contribution in [0.4, 0.5) is 0 Å². The van der Waals surface area contributed by atoms with Gasteiger partial charge in [-0.1, -0.05) is 6.92 Å². The third-order valence-electron chi connectivity index (χ3n) is 2.61. The molecular formula is C11H13N5O2. The Hall–Kier alpha value is -2.57. The Labute approximate surface area is 102 Å². The Bertz CT molecular complexity index is 661. The van der Waals surface area contributed by atoms with E-state index in [1.807, 2.05) is 6.92 Å². The van der Waals surface area contributed by atoms with Crippen LogP contribution in [-0.4, -0.2) is 26.6 Å². The van der Waals surface area contributed by atoms with Crippen LogP contribution in [0.2, 0.25) is 0 Å². The molecule has 18 heavy (non-hydrogen) atoms. The lowest BCUT2D eigenvalue weighted by atomic mass is 10.1. The highest BCUT2D eigenvalue weighted by molar-refractivity contribution is 6.08. The third-order valence-corrected chi connectivity index (χ3v) is 2.61. The zero-order valence-corrected chi connectivity index (χ0v) is 9.76. The molecule has 0 spiro atoms. The lowest BCUT2D eigenvalue weighted by molar-refractivity contribution is 0.103. The van der Waals surface area contributed by atoms with E-state index in [9.17, 15) is 9.59 Å². The predicted molar refractivity (Wildman–Crippen MR) is 66.0 cm³/mol. The van der Waals surface area contributed by atoms with E-state index in [0.29, 0.717) is 17.8 Å². The monoisotopic (exact) mass is 247 g/mol. The van der Waals surface area contributed by atoms with Crippen LogP contribution in [0.3, 0.4) is 0 Å². The lowest BCUT2D eigenvalue weighted by Crippen LogP contribution is -2.12. The highest BCUT2D eigenvalue weighted by Gasteiger charge is 2.17. The molecule has 94 valence electrons. The summed E-state index contributed by atoms with van der Waals surface area (Å²) in [6.45, 7) is 1.84. The molecule has 0 bridgehead atoms. The first-order valence-electron chi connectivity index (χ1n) is 5.42. The van der Waals surface area contributed by atoms with Crippen molar-refractivity contribution in [1.82, 2.24) is 15.0 Å². The van der Waals surface area contributed by atoms with E-state index in [4.69, 9.17) is 11.1 Å². The Morgan fingerprint density at radius 2 is 1.94 bits per heavy atom. The van der Waals surface area contributed by atoms with Crippen molar-refractivity contribution in [1.29, 1.82) is 5.41 Å². The number of carbonyl (C=O) groups excluding carboxylic acids is 1. The van der Waals surface area contributed by atoms with Crippen molar-refractivity contribution >= 4 is 11.6 Å². The van der Waals surface area contributed by atoms with Crippen LogP contribution in [0.15, 0.2) is 16.9 Å². The number of aromatic amines is 3. The lowest BCUT2D eigenvalue weighted by Gasteiger charge is -1.98. The summed E-state index contributed by atoms with van der Waals surface area (Å²) in [7, 11) is 0. The number of rotatable bonds is 4. The van der Waals surface area contributed by atoms with Gasteiger partial charge in [0.1, 0.15) is 11.5 Å². The van der Waals surface area contributed by atoms with E-state index in [-0.39, 0.29) is 23.0 Å². The molecule has 0 radical (unpaired) electrons. The SMILES string of the molecule is CCc1[nH]c(=O)[nH]c1C(=O)c1ccc(C(=N)N)[nH]1. The van der Waals surface area contributed by atoms with Gasteiger partial charge in [0.05, 0.1) is 11.4 Å². The van der Waals surface area contributed by atoms with Gasteiger partial charge in [-0.05, 0) is 18.6 Å². The minimum Gasteiger partial charge on any atom is -0.382 e. The molecule has 0 saturated heterocycles. The number of hydrogen-bond donors (Lipinski definition) is 5. The van der Waals surface area contributed by atoms with Gasteiger partial charge < -0.3 is 20.7 Å². The van der Waals surface area contributed by atoms with E-state index >= 15 is 0 Å². The van der Waals surface area contributed by atoms with Gasteiger partial charge in [0.15, 0.2) is 0 Å². The van der Waals surface area contributed by atoms with E-state index in [0.717, 1.165) is 0 Å². The fourth-order valence-electron chi connectivity index (χ4n) is 1.70. The van der Waals surface area contributed by atoms with E-state index in [2.05, 4.69) is 15.0 Å². The summed E-state index contributed by atoms with van der Waals surface area (Å²) in [5.74, 6) is -0.481. The normalized spacial score (nSPS) is 10.5. The smallest absolute Gasteiger partial charge is 0.323 e. The molecule has 0 fully saturated rings. The Morgan fingerprint density at radius 1 is 1.28 bits per heavy atom. The van der Waals surface area contributed by atoms with E-state index in [1.165, 1.54) is 6.07 Å². The van der Waals surface area contributed by atoms with Gasteiger partial charge in [-0.15, -0.1) is 0 Å². The molecule has 0 unspecified atom stereocenters. The zero-order chi connectivity index (χ0) is 13.3. The fourth-order valence-corrected chi connectivity index (χ4v) is 1.70. The molecule has 2 heterocycles. The first-order valence-corrected chi connectivity index (χ1v) is 5.42. The van der Waals surface area contributed by atoms with Gasteiger partial charge in [-0.25, -0.2) is 4.79 Å². The average molecular weight is 247 g/mol. The maximum atomic E-state index is 12.1. The minimum atomic E-state index is -0.409. The maximum Gasteiger partial charge on any atom is 0.323 e. The molecule has 2 aromatic rings. The van der Waals surface area contributed by atoms with Crippen LogP contribution in [-0.2, 0) is 6.42 Å². The standard InChI is InChI=1S/C11H13N5O2/c1-2-5-8(16-11(18)15-5)9(17)6-3-4-7(14-6)10(12)13/h3-4,14H,2H2,1H3,(H3,12,13)(H2,15,16,18). The van der Waals surface area contributed by atoms with Gasteiger partial charge in [0.2, 0.25) is 5.78 Å². The largest absolute Gasteiger partial charge is 0.382 e. The number of amidine groups is 1. The van der Waals surface area contributed by atoms with Crippen molar-refractivity contribution in [2.45, 2.75) is 13.3 Å². The van der Waals surface area contributed by atoms with Crippen LogP contribution in [0.1, 0.15) is 34.5 Å². The molecule has 0 aliphatic heterocycles. The van der Waals surface area contributed by atoms with Crippen molar-refractivity contribution in [3.63, 3.8) is 0 Å². The highest BCUT2D eigenvalue weighted by atomic mass is 16.1. The average Bonchev–Trinajstić information content (AvgIpc) is 2.94. The molecule has 7 nitrogen and oxygen atoms in total. The second-order valence-electron chi connectivity index (χ2n) is 3.81. The van der Waals surface area contributed by atoms with Crippen LogP contribution in [0.5, 0.6) is 0 Å². The quantitative estimate of drug-likeness (QED) is 0.298. The van der Waals surface area contributed by atoms with Crippen LogP contribution < -0.4 is 11.4 Å². The van der Waals surface area contributed by atoms with Crippen molar-refractivity contribution in [3.8, 4) is 0 Å². The van der Waals surface area contributed by atoms with E-state index < -0.39 is 5.69 Å². The second-order valence-corrected chi connectivity index (χ2v) is 3.81. The topological polar surface area (TPSA) is 131 Å². The van der Waals surface area contributed by atoms with Gasteiger partial charge in [-0.2, -0.15) is 0 Å². The molecular weight excluding hydrogens is 234 g/mol. The highest BCUT2D eigenvalue weighted by Crippen LogP contribution is 2.10. The molecule has 2 aromatic heterocycles. The zero-order valence-electron chi connectivity index (χ0n) is 9.76. The Kier molecular flexibility index (Phi) is 2.88. The molecule has 0 atom stereocenters. The van der Waals surface area contributed by atoms with Gasteiger partial charge in [0, 0.05) is 5.69 Å². The third kappa shape index (κ3) is 1.97. The number of nitrogens with two attached hydrogens (primary N) is 1. The first kappa shape index (κ1) is 11.9. The number of imidazole rings is 1. The second kappa shape index (κ2) is 4.36. The summed E-state index contributed by atoms with van der Waals surface area (Å²) >= 11 is 0. The number of H-pyrrole nitrogens is 3. The molecule has 0 amide bonds. The number of ketones is 1. The number of nitrogens with one attached hydrogen (secondary N) is 4. The molecule has 0 saturated carbocycles. The maximum absolute atomic E-state index is 12.1. The molecule has 0 aromatic carbocycles. The minimum absolute atomic E-state index is 0.146. The van der Waals surface area contributed by atoms with Crippen LogP contribution >= 0.6 is 0 Å². The number of carbonyl (C=O) groups is 1. The molecule has 0 aliphatic rings. The summed E-state index contributed by atoms with van der Waals surface area (Å²) < 4.78 is 0. The number of nitrogen functional groups attached to an aromatic ring is 1. The number of hydrogen-bond acceptors (Lipinski definition) is 3. The van der Waals surface area contributed by atoms with Crippen molar-refractivity contribution < 1.29 is 4.79 Å². The van der Waals surface area contributed by atoms with Crippen molar-refractivity contribution in [2.24, 2.45) is 5.73 Å². The summed E-state index contributed by atoms with van der Waals surface area (Å²) in [5.41, 5.74) is 6.34. The molecule has 2 rings (SSSR count). The van der Waals surface area contributed by atoms with Crippen molar-refractivity contribution in [2.75, 3.05) is 0 Å². The Morgan fingerprint density at radius 3 is 2.50 bits per heavy atom. The molecule has 6 N–H and O–H groups in total. The Balaban J connectivity index is 2.41.